The van der Waals surface area contributed by atoms with Gasteiger partial charge in [0.2, 0.25) is 0 Å². The standard InChI is InChI=1S/C10H6Br2FN3O/c11-6-3-5(1-2-7(6)13)16-9-8(12)10(17)15-4-14-9/h1-4H,(H2,14,15,16,17). The Balaban J connectivity index is 2.35. The van der Waals surface area contributed by atoms with E-state index in [1.807, 2.05) is 0 Å². The summed E-state index contributed by atoms with van der Waals surface area (Å²) in [6.07, 6.45) is 1.29. The lowest BCUT2D eigenvalue weighted by molar-refractivity contribution is 0.621. The number of hydrogen-bond donors (Lipinski definition) is 2. The second kappa shape index (κ2) is 4.97. The van der Waals surface area contributed by atoms with Gasteiger partial charge in [0.25, 0.3) is 5.56 Å². The van der Waals surface area contributed by atoms with E-state index in [1.54, 1.807) is 12.1 Å². The lowest BCUT2D eigenvalue weighted by Gasteiger charge is -2.07. The molecule has 4 nitrogen and oxygen atoms in total. The lowest BCUT2D eigenvalue weighted by Crippen LogP contribution is -2.10. The molecule has 1 aromatic heterocycles. The van der Waals surface area contributed by atoms with E-state index in [1.165, 1.54) is 12.4 Å². The van der Waals surface area contributed by atoms with Crippen LogP contribution in [0.2, 0.25) is 0 Å². The molecule has 7 heteroatoms. The Morgan fingerprint density at radius 2 is 2.12 bits per heavy atom. The fourth-order valence-corrected chi connectivity index (χ4v) is 1.88. The van der Waals surface area contributed by atoms with Crippen LogP contribution in [0.5, 0.6) is 0 Å². The number of benzene rings is 1. The molecule has 0 aliphatic rings. The molecule has 0 saturated carbocycles. The van der Waals surface area contributed by atoms with Crippen LogP contribution in [-0.2, 0) is 0 Å². The number of aromatic nitrogens is 2. The minimum absolute atomic E-state index is 0.288. The third kappa shape index (κ3) is 2.73. The summed E-state index contributed by atoms with van der Waals surface area (Å²) < 4.78 is 13.7. The van der Waals surface area contributed by atoms with Gasteiger partial charge in [0, 0.05) is 5.69 Å². The molecule has 0 atom stereocenters. The van der Waals surface area contributed by atoms with Gasteiger partial charge in [-0.3, -0.25) is 4.79 Å². The molecule has 1 heterocycles. The van der Waals surface area contributed by atoms with Gasteiger partial charge < -0.3 is 10.3 Å². The van der Waals surface area contributed by atoms with Crippen LogP contribution in [0.3, 0.4) is 0 Å². The zero-order valence-corrected chi connectivity index (χ0v) is 11.5. The van der Waals surface area contributed by atoms with Gasteiger partial charge in [-0.2, -0.15) is 0 Å². The highest BCUT2D eigenvalue weighted by molar-refractivity contribution is 9.10. The van der Waals surface area contributed by atoms with Crippen molar-refractivity contribution in [1.82, 2.24) is 9.97 Å². The van der Waals surface area contributed by atoms with E-state index in [0.717, 1.165) is 0 Å². The maximum Gasteiger partial charge on any atom is 0.267 e. The number of rotatable bonds is 2. The molecule has 0 amide bonds. The lowest BCUT2D eigenvalue weighted by atomic mass is 10.3. The molecular weight excluding hydrogens is 357 g/mol. The Bertz CT molecular complexity index is 615. The molecule has 2 N–H and O–H groups in total. The predicted octanol–water partition coefficient (Wildman–Crippen LogP) is 3.18. The summed E-state index contributed by atoms with van der Waals surface area (Å²) in [5.41, 5.74) is 0.334. The quantitative estimate of drug-likeness (QED) is 0.862. The monoisotopic (exact) mass is 361 g/mol. The van der Waals surface area contributed by atoms with E-state index >= 15 is 0 Å². The highest BCUT2D eigenvalue weighted by atomic mass is 79.9. The Hall–Kier alpha value is -1.21. The van der Waals surface area contributed by atoms with Crippen LogP contribution in [0.4, 0.5) is 15.9 Å². The molecule has 0 spiro atoms. The number of H-pyrrole nitrogens is 1. The van der Waals surface area contributed by atoms with E-state index in [9.17, 15) is 9.18 Å². The summed E-state index contributed by atoms with van der Waals surface area (Å²) in [4.78, 5) is 17.7. The second-order valence-corrected chi connectivity index (χ2v) is 4.80. The number of hydrogen-bond acceptors (Lipinski definition) is 3. The summed E-state index contributed by atoms with van der Waals surface area (Å²) >= 11 is 6.19. The SMILES string of the molecule is O=c1[nH]cnc(Nc2ccc(F)c(Br)c2)c1Br. The van der Waals surface area contributed by atoms with Gasteiger partial charge in [-0.15, -0.1) is 0 Å². The first-order chi connectivity index (χ1) is 8.08. The normalized spacial score (nSPS) is 10.3. The molecule has 0 fully saturated rings. The number of aromatic amines is 1. The Kier molecular flexibility index (Phi) is 3.58. The molecule has 0 radical (unpaired) electrons. The molecule has 2 aromatic rings. The molecule has 0 bridgehead atoms. The van der Waals surface area contributed by atoms with E-state index in [0.29, 0.717) is 20.5 Å². The number of anilines is 2. The topological polar surface area (TPSA) is 57.8 Å². The molecular formula is C10H6Br2FN3O. The van der Waals surface area contributed by atoms with Gasteiger partial charge in [-0.05, 0) is 50.1 Å². The van der Waals surface area contributed by atoms with Crippen molar-refractivity contribution in [2.45, 2.75) is 0 Å². The summed E-state index contributed by atoms with van der Waals surface area (Å²) in [6.45, 7) is 0. The molecule has 0 saturated heterocycles. The van der Waals surface area contributed by atoms with E-state index in [4.69, 9.17) is 0 Å². The highest BCUT2D eigenvalue weighted by Gasteiger charge is 2.06. The maximum absolute atomic E-state index is 13.0. The average Bonchev–Trinajstić information content (AvgIpc) is 2.30. The minimum Gasteiger partial charge on any atom is -0.339 e. The van der Waals surface area contributed by atoms with Crippen LogP contribution < -0.4 is 10.9 Å². The number of nitrogens with zero attached hydrogens (tertiary/aromatic N) is 1. The largest absolute Gasteiger partial charge is 0.339 e. The minimum atomic E-state index is -0.353. The first kappa shape index (κ1) is 12.3. The zero-order valence-electron chi connectivity index (χ0n) is 8.30. The molecule has 0 aliphatic heterocycles. The molecule has 17 heavy (non-hydrogen) atoms. The van der Waals surface area contributed by atoms with Gasteiger partial charge in [0.05, 0.1) is 10.8 Å². The fourth-order valence-electron chi connectivity index (χ4n) is 1.18. The van der Waals surface area contributed by atoms with Crippen molar-refractivity contribution in [3.8, 4) is 0 Å². The average molecular weight is 363 g/mol. The van der Waals surface area contributed by atoms with Crippen molar-refractivity contribution in [3.05, 3.63) is 49.6 Å². The Labute approximate surface area is 113 Å². The van der Waals surface area contributed by atoms with Crippen LogP contribution in [0.1, 0.15) is 0 Å². The predicted molar refractivity (Wildman–Crippen MR) is 69.9 cm³/mol. The zero-order chi connectivity index (χ0) is 12.4. The molecule has 0 aliphatic carbocycles. The van der Waals surface area contributed by atoms with Crippen LogP contribution in [0.15, 0.2) is 38.3 Å². The van der Waals surface area contributed by atoms with Crippen LogP contribution in [0.25, 0.3) is 0 Å². The number of nitrogens with one attached hydrogen (secondary N) is 2. The van der Waals surface area contributed by atoms with Crippen molar-refractivity contribution in [3.63, 3.8) is 0 Å². The van der Waals surface area contributed by atoms with Gasteiger partial charge in [-0.1, -0.05) is 0 Å². The van der Waals surface area contributed by atoms with Crippen molar-refractivity contribution in [1.29, 1.82) is 0 Å². The summed E-state index contributed by atoms with van der Waals surface area (Å²) in [6, 6.07) is 4.42. The number of halogens is 3. The van der Waals surface area contributed by atoms with Gasteiger partial charge >= 0.3 is 0 Å². The van der Waals surface area contributed by atoms with Crippen LogP contribution in [-0.4, -0.2) is 9.97 Å². The van der Waals surface area contributed by atoms with Crippen molar-refractivity contribution < 1.29 is 4.39 Å². The van der Waals surface area contributed by atoms with Gasteiger partial charge in [-0.25, -0.2) is 9.37 Å². The first-order valence-corrected chi connectivity index (χ1v) is 6.12. The van der Waals surface area contributed by atoms with Crippen LogP contribution in [0, 0.1) is 5.82 Å². The summed E-state index contributed by atoms with van der Waals surface area (Å²) in [5.74, 6) is 0.0146. The van der Waals surface area contributed by atoms with Crippen molar-refractivity contribution in [2.24, 2.45) is 0 Å². The van der Waals surface area contributed by atoms with E-state index < -0.39 is 0 Å². The molecule has 1 aromatic carbocycles. The third-order valence-electron chi connectivity index (χ3n) is 1.98. The van der Waals surface area contributed by atoms with E-state index in [2.05, 4.69) is 47.1 Å². The van der Waals surface area contributed by atoms with E-state index in [-0.39, 0.29) is 11.4 Å². The smallest absolute Gasteiger partial charge is 0.267 e. The Morgan fingerprint density at radius 3 is 2.82 bits per heavy atom. The summed E-state index contributed by atoms with van der Waals surface area (Å²) in [5, 5.41) is 2.91. The highest BCUT2D eigenvalue weighted by Crippen LogP contribution is 2.24. The Morgan fingerprint density at radius 1 is 1.35 bits per heavy atom. The van der Waals surface area contributed by atoms with Crippen molar-refractivity contribution in [2.75, 3.05) is 5.32 Å². The first-order valence-electron chi connectivity index (χ1n) is 4.53. The summed E-state index contributed by atoms with van der Waals surface area (Å²) in [7, 11) is 0. The molecule has 88 valence electrons. The maximum atomic E-state index is 13.0. The van der Waals surface area contributed by atoms with Gasteiger partial charge in [0.15, 0.2) is 5.82 Å². The van der Waals surface area contributed by atoms with Crippen molar-refractivity contribution >= 4 is 43.4 Å². The molecule has 2 rings (SSSR count). The third-order valence-corrected chi connectivity index (χ3v) is 3.32. The molecule has 0 unspecified atom stereocenters. The second-order valence-electron chi connectivity index (χ2n) is 3.15. The fraction of sp³-hybridized carbons (Fsp3) is 0. The van der Waals surface area contributed by atoms with Crippen LogP contribution >= 0.6 is 31.9 Å². The van der Waals surface area contributed by atoms with Gasteiger partial charge in [0.1, 0.15) is 10.3 Å².